The van der Waals surface area contributed by atoms with Gasteiger partial charge in [0.25, 0.3) is 0 Å². The van der Waals surface area contributed by atoms with E-state index in [1.807, 2.05) is 0 Å². The topological polar surface area (TPSA) is 78.9 Å². The average Bonchev–Trinajstić information content (AvgIpc) is 3.41. The van der Waals surface area contributed by atoms with Crippen molar-refractivity contribution < 1.29 is 28.6 Å². The lowest BCUT2D eigenvalue weighted by molar-refractivity contribution is -0.167. The van der Waals surface area contributed by atoms with Gasteiger partial charge in [0, 0.05) is 19.3 Å². The maximum atomic E-state index is 12.9. The largest absolute Gasteiger partial charge is 0.462 e. The van der Waals surface area contributed by atoms with Gasteiger partial charge < -0.3 is 14.2 Å². The van der Waals surface area contributed by atoms with Crippen molar-refractivity contribution in [1.29, 1.82) is 0 Å². The lowest BCUT2D eigenvalue weighted by atomic mass is 10.0. The first-order valence-corrected chi connectivity index (χ1v) is 32.1. The predicted molar refractivity (Wildman–Crippen MR) is 325 cm³/mol. The molecule has 0 fully saturated rings. The fourth-order valence-corrected chi connectivity index (χ4v) is 9.05. The van der Waals surface area contributed by atoms with Gasteiger partial charge in [0.2, 0.25) is 0 Å². The van der Waals surface area contributed by atoms with Crippen LogP contribution in [-0.2, 0) is 28.6 Å². The molecular formula is C69H120O6. The molecule has 432 valence electrons. The molecule has 0 spiro atoms. The molecule has 0 aliphatic rings. The number of carbonyl (C=O) groups excluding carboxylic acids is 3. The number of allylic oxidation sites excluding steroid dienone is 14. The van der Waals surface area contributed by atoms with Crippen LogP contribution < -0.4 is 0 Å². The van der Waals surface area contributed by atoms with E-state index in [2.05, 4.69) is 106 Å². The molecule has 0 amide bonds. The van der Waals surface area contributed by atoms with Crippen molar-refractivity contribution in [1.82, 2.24) is 0 Å². The average molecular weight is 1050 g/mol. The summed E-state index contributed by atoms with van der Waals surface area (Å²) < 4.78 is 16.9. The molecular weight excluding hydrogens is 925 g/mol. The first kappa shape index (κ1) is 71.6. The Balaban J connectivity index is 4.23. The van der Waals surface area contributed by atoms with E-state index in [-0.39, 0.29) is 31.1 Å². The molecule has 0 heterocycles. The highest BCUT2D eigenvalue weighted by atomic mass is 16.6. The fourth-order valence-electron chi connectivity index (χ4n) is 9.05. The highest BCUT2D eigenvalue weighted by Gasteiger charge is 2.19. The van der Waals surface area contributed by atoms with Crippen molar-refractivity contribution in [2.45, 2.75) is 322 Å². The minimum Gasteiger partial charge on any atom is -0.462 e. The highest BCUT2D eigenvalue weighted by molar-refractivity contribution is 5.71. The van der Waals surface area contributed by atoms with E-state index in [1.165, 1.54) is 161 Å². The first-order valence-electron chi connectivity index (χ1n) is 32.1. The number of ether oxygens (including phenoxy) is 3. The Morgan fingerprint density at radius 2 is 0.520 bits per heavy atom. The third kappa shape index (κ3) is 61.3. The summed E-state index contributed by atoms with van der Waals surface area (Å²) in [6.07, 6.45) is 83.1. The second-order valence-electron chi connectivity index (χ2n) is 21.3. The van der Waals surface area contributed by atoms with Gasteiger partial charge in [-0.25, -0.2) is 0 Å². The van der Waals surface area contributed by atoms with Crippen molar-refractivity contribution in [3.63, 3.8) is 0 Å². The zero-order valence-electron chi connectivity index (χ0n) is 49.6. The van der Waals surface area contributed by atoms with Crippen LogP contribution in [0.2, 0.25) is 0 Å². The minimum absolute atomic E-state index is 0.0852. The summed E-state index contributed by atoms with van der Waals surface area (Å²) in [6, 6.07) is 0. The molecule has 0 bridgehead atoms. The Morgan fingerprint density at radius 1 is 0.280 bits per heavy atom. The van der Waals surface area contributed by atoms with E-state index in [9.17, 15) is 14.4 Å². The van der Waals surface area contributed by atoms with Gasteiger partial charge in [-0.15, -0.1) is 0 Å². The predicted octanol–water partition coefficient (Wildman–Crippen LogP) is 21.9. The Labute approximate surface area is 465 Å². The molecule has 0 aromatic rings. The standard InChI is InChI=1S/C69H120O6/c1-4-7-10-13-16-19-22-25-27-28-29-30-31-32-33-34-35-36-37-38-39-40-42-44-47-50-53-56-59-62-68(71)74-65-66(64-73-67(70)61-58-55-52-49-46-43-24-21-18-15-12-9-6-3)75-69(72)63-60-57-54-51-48-45-41-26-23-20-17-14-11-8-5-2/h8,11,17,20-22,24-26,28-29,31-32,41,66H,4-7,9-10,12-16,18-19,23,27,30,33-40,42-65H2,1-3H3/b11-8-,20-17-,24-21-,25-22-,29-28-,32-31-,41-26-. The Hall–Kier alpha value is -3.41. The fraction of sp³-hybridized carbons (Fsp3) is 0.754. The summed E-state index contributed by atoms with van der Waals surface area (Å²) in [6.45, 7) is 6.50. The highest BCUT2D eigenvalue weighted by Crippen LogP contribution is 2.16. The van der Waals surface area contributed by atoms with Gasteiger partial charge in [0.05, 0.1) is 0 Å². The summed E-state index contributed by atoms with van der Waals surface area (Å²) in [5.41, 5.74) is 0. The summed E-state index contributed by atoms with van der Waals surface area (Å²) in [5.74, 6) is -0.902. The van der Waals surface area contributed by atoms with Crippen LogP contribution in [0.1, 0.15) is 316 Å². The molecule has 0 rings (SSSR count). The van der Waals surface area contributed by atoms with Crippen LogP contribution in [0.15, 0.2) is 85.1 Å². The third-order valence-electron chi connectivity index (χ3n) is 13.9. The maximum Gasteiger partial charge on any atom is 0.306 e. The van der Waals surface area contributed by atoms with Gasteiger partial charge in [0.15, 0.2) is 6.10 Å². The van der Waals surface area contributed by atoms with Gasteiger partial charge >= 0.3 is 17.9 Å². The molecule has 0 saturated carbocycles. The summed E-state index contributed by atoms with van der Waals surface area (Å²) in [4.78, 5) is 38.2. The van der Waals surface area contributed by atoms with Crippen LogP contribution in [-0.4, -0.2) is 37.2 Å². The Bertz CT molecular complexity index is 1430. The quantitative estimate of drug-likeness (QED) is 0.0261. The van der Waals surface area contributed by atoms with Crippen LogP contribution in [0.3, 0.4) is 0 Å². The zero-order valence-corrected chi connectivity index (χ0v) is 49.6. The SMILES string of the molecule is CC/C=C\C/C=C\C/C=C\CCCCCCCC(=O)OC(COC(=O)CCCCCCC/C=C\CCCCCC)COC(=O)CCCCCCCCCCCCCCCC/C=C\C/C=C\C/C=C\CCCCCCC. The second-order valence-corrected chi connectivity index (χ2v) is 21.3. The number of unbranched alkanes of at least 4 members (excludes halogenated alkanes) is 33. The Kier molecular flexibility index (Phi) is 60.3. The van der Waals surface area contributed by atoms with E-state index in [0.29, 0.717) is 19.3 Å². The van der Waals surface area contributed by atoms with E-state index < -0.39 is 6.10 Å². The molecule has 0 aliphatic heterocycles. The van der Waals surface area contributed by atoms with E-state index in [0.717, 1.165) is 116 Å². The lowest BCUT2D eigenvalue weighted by Crippen LogP contribution is -2.30. The maximum absolute atomic E-state index is 12.9. The van der Waals surface area contributed by atoms with Crippen molar-refractivity contribution >= 4 is 17.9 Å². The molecule has 0 radical (unpaired) electrons. The number of carbonyl (C=O) groups is 3. The number of esters is 3. The molecule has 75 heavy (non-hydrogen) atoms. The third-order valence-corrected chi connectivity index (χ3v) is 13.9. The molecule has 0 aromatic heterocycles. The summed E-state index contributed by atoms with van der Waals surface area (Å²) in [7, 11) is 0. The smallest absolute Gasteiger partial charge is 0.306 e. The van der Waals surface area contributed by atoms with Crippen LogP contribution in [0.25, 0.3) is 0 Å². The van der Waals surface area contributed by atoms with Crippen LogP contribution in [0, 0.1) is 0 Å². The molecule has 1 unspecified atom stereocenters. The Morgan fingerprint density at radius 3 is 0.840 bits per heavy atom. The molecule has 1 atom stereocenters. The van der Waals surface area contributed by atoms with Gasteiger partial charge in [-0.1, -0.05) is 266 Å². The lowest BCUT2D eigenvalue weighted by Gasteiger charge is -2.18. The van der Waals surface area contributed by atoms with Crippen molar-refractivity contribution in [2.75, 3.05) is 13.2 Å². The van der Waals surface area contributed by atoms with Crippen molar-refractivity contribution in [3.8, 4) is 0 Å². The second kappa shape index (κ2) is 63.1. The molecule has 0 saturated heterocycles. The molecule has 6 nitrogen and oxygen atoms in total. The number of hydrogen-bond donors (Lipinski definition) is 0. The van der Waals surface area contributed by atoms with Gasteiger partial charge in [-0.2, -0.15) is 0 Å². The van der Waals surface area contributed by atoms with Gasteiger partial charge in [-0.3, -0.25) is 14.4 Å². The van der Waals surface area contributed by atoms with Gasteiger partial charge in [-0.05, 0) is 116 Å². The van der Waals surface area contributed by atoms with E-state index in [4.69, 9.17) is 14.2 Å². The van der Waals surface area contributed by atoms with Crippen LogP contribution in [0.5, 0.6) is 0 Å². The van der Waals surface area contributed by atoms with Crippen molar-refractivity contribution in [3.05, 3.63) is 85.1 Å². The number of hydrogen-bond acceptors (Lipinski definition) is 6. The summed E-state index contributed by atoms with van der Waals surface area (Å²) in [5, 5.41) is 0. The van der Waals surface area contributed by atoms with Crippen molar-refractivity contribution in [2.24, 2.45) is 0 Å². The zero-order chi connectivity index (χ0) is 54.3. The molecule has 6 heteroatoms. The molecule has 0 N–H and O–H groups in total. The van der Waals surface area contributed by atoms with Crippen LogP contribution >= 0.6 is 0 Å². The van der Waals surface area contributed by atoms with E-state index in [1.54, 1.807) is 0 Å². The molecule has 0 aromatic carbocycles. The summed E-state index contributed by atoms with van der Waals surface area (Å²) >= 11 is 0. The molecule has 0 aliphatic carbocycles. The number of rotatable bonds is 58. The normalized spacial score (nSPS) is 12.6. The minimum atomic E-state index is -0.789. The van der Waals surface area contributed by atoms with Crippen LogP contribution in [0.4, 0.5) is 0 Å². The monoisotopic (exact) mass is 1040 g/mol. The van der Waals surface area contributed by atoms with E-state index >= 15 is 0 Å². The van der Waals surface area contributed by atoms with Gasteiger partial charge in [0.1, 0.15) is 13.2 Å². The first-order chi connectivity index (χ1) is 37.0.